The maximum atomic E-state index is 11.9. The number of rotatable bonds is 4. The van der Waals surface area contributed by atoms with Crippen LogP contribution in [0.1, 0.15) is 31.7 Å². The number of nitrogens with zero attached hydrogens (tertiary/aromatic N) is 2. The molecule has 19 heavy (non-hydrogen) atoms. The van der Waals surface area contributed by atoms with Gasteiger partial charge >= 0.3 is 0 Å². The molecule has 1 unspecified atom stereocenters. The minimum atomic E-state index is 0.0348. The molecule has 2 rings (SSSR count). The number of benzene rings is 1. The number of carbonyl (C=O) groups excluding carboxylic acids is 1. The maximum absolute atomic E-state index is 11.9. The average molecular weight is 299 g/mol. The lowest BCUT2D eigenvalue weighted by molar-refractivity contribution is -0.133. The van der Waals surface area contributed by atoms with Gasteiger partial charge in [-0.05, 0) is 31.0 Å². The molecule has 102 valence electrons. The van der Waals surface area contributed by atoms with Crippen LogP contribution in [0.25, 0.3) is 0 Å². The van der Waals surface area contributed by atoms with E-state index in [9.17, 15) is 4.79 Å². The van der Waals surface area contributed by atoms with Crippen molar-refractivity contribution in [3.05, 3.63) is 34.9 Å². The van der Waals surface area contributed by atoms with Gasteiger partial charge in [-0.25, -0.2) is 5.01 Å². The Morgan fingerprint density at radius 1 is 1.32 bits per heavy atom. The molecule has 0 saturated carbocycles. The predicted octanol–water partition coefficient (Wildman–Crippen LogP) is 3.68. The first-order valence-electron chi connectivity index (χ1n) is 6.33. The van der Waals surface area contributed by atoms with Gasteiger partial charge in [0.05, 0.1) is 11.8 Å². The van der Waals surface area contributed by atoms with Gasteiger partial charge in [0.2, 0.25) is 5.91 Å². The molecule has 5 heteroatoms. The first-order valence-corrected chi connectivity index (χ1v) is 7.24. The molecule has 1 heterocycles. The quantitative estimate of drug-likeness (QED) is 0.781. The highest BCUT2D eigenvalue weighted by Crippen LogP contribution is 2.20. The van der Waals surface area contributed by atoms with Gasteiger partial charge in [0.15, 0.2) is 0 Å². The van der Waals surface area contributed by atoms with E-state index in [0.29, 0.717) is 23.7 Å². The van der Waals surface area contributed by atoms with Crippen LogP contribution in [0.5, 0.6) is 0 Å². The second-order valence-electron chi connectivity index (χ2n) is 4.62. The molecule has 3 nitrogen and oxygen atoms in total. The van der Waals surface area contributed by atoms with Crippen LogP contribution in [0.2, 0.25) is 5.02 Å². The molecule has 0 N–H and O–H groups in total. The highest BCUT2D eigenvalue weighted by atomic mass is 35.5. The smallest absolute Gasteiger partial charge is 0.243 e. The predicted molar refractivity (Wildman–Crippen MR) is 78.9 cm³/mol. The third-order valence-corrected chi connectivity index (χ3v) is 3.65. The van der Waals surface area contributed by atoms with Gasteiger partial charge in [-0.1, -0.05) is 23.7 Å². The zero-order valence-electron chi connectivity index (χ0n) is 10.8. The molecular formula is C14H16Cl2N2O. The fraction of sp³-hybridized carbons (Fsp3) is 0.429. The normalized spacial score (nSPS) is 17.3. The van der Waals surface area contributed by atoms with Crippen molar-refractivity contribution in [2.75, 3.05) is 5.88 Å². The zero-order chi connectivity index (χ0) is 13.8. The van der Waals surface area contributed by atoms with Crippen molar-refractivity contribution in [3.8, 4) is 0 Å². The van der Waals surface area contributed by atoms with E-state index in [0.717, 1.165) is 17.7 Å². The number of alkyl halides is 1. The van der Waals surface area contributed by atoms with Crippen molar-refractivity contribution in [3.63, 3.8) is 0 Å². The van der Waals surface area contributed by atoms with E-state index < -0.39 is 0 Å². The van der Waals surface area contributed by atoms with Crippen LogP contribution in [-0.2, 0) is 4.79 Å². The van der Waals surface area contributed by atoms with Crippen LogP contribution in [0.15, 0.2) is 29.4 Å². The fourth-order valence-electron chi connectivity index (χ4n) is 2.04. The number of hydrogen-bond acceptors (Lipinski definition) is 2. The summed E-state index contributed by atoms with van der Waals surface area (Å²) in [5.41, 5.74) is 1.94. The van der Waals surface area contributed by atoms with E-state index in [-0.39, 0.29) is 11.9 Å². The number of amides is 1. The lowest BCUT2D eigenvalue weighted by Crippen LogP contribution is -2.38. The van der Waals surface area contributed by atoms with E-state index >= 15 is 0 Å². The molecule has 0 saturated heterocycles. The Kier molecular flexibility index (Phi) is 4.83. The summed E-state index contributed by atoms with van der Waals surface area (Å²) in [4.78, 5) is 11.9. The first-order chi connectivity index (χ1) is 9.11. The van der Waals surface area contributed by atoms with Crippen LogP contribution in [-0.4, -0.2) is 28.5 Å². The maximum Gasteiger partial charge on any atom is 0.243 e. The summed E-state index contributed by atoms with van der Waals surface area (Å²) in [6.45, 7) is 1.97. The van der Waals surface area contributed by atoms with Gasteiger partial charge in [-0.3, -0.25) is 4.79 Å². The Morgan fingerprint density at radius 3 is 2.63 bits per heavy atom. The van der Waals surface area contributed by atoms with Crippen molar-refractivity contribution in [1.29, 1.82) is 0 Å². The second-order valence-corrected chi connectivity index (χ2v) is 5.43. The van der Waals surface area contributed by atoms with Crippen LogP contribution in [0, 0.1) is 0 Å². The van der Waals surface area contributed by atoms with Gasteiger partial charge in [0.25, 0.3) is 0 Å². The Bertz CT molecular complexity index is 485. The Morgan fingerprint density at radius 2 is 2.00 bits per heavy atom. The molecule has 0 aliphatic carbocycles. The van der Waals surface area contributed by atoms with Gasteiger partial charge in [-0.15, -0.1) is 11.6 Å². The largest absolute Gasteiger partial charge is 0.273 e. The Hall–Kier alpha value is -1.06. The zero-order valence-corrected chi connectivity index (χ0v) is 12.3. The van der Waals surface area contributed by atoms with Crippen molar-refractivity contribution in [2.24, 2.45) is 5.10 Å². The van der Waals surface area contributed by atoms with E-state index in [1.54, 1.807) is 5.01 Å². The van der Waals surface area contributed by atoms with Crippen LogP contribution >= 0.6 is 23.2 Å². The highest BCUT2D eigenvalue weighted by Gasteiger charge is 2.25. The van der Waals surface area contributed by atoms with Crippen molar-refractivity contribution in [2.45, 2.75) is 32.2 Å². The molecule has 1 aromatic rings. The SMILES string of the molecule is CC(CCCl)N1N=C(c2ccc(Cl)cc2)CCC1=O. The molecule has 1 aliphatic rings. The molecule has 0 radical (unpaired) electrons. The van der Waals surface area contributed by atoms with E-state index in [1.807, 2.05) is 31.2 Å². The van der Waals surface area contributed by atoms with Gasteiger partial charge in [0, 0.05) is 23.7 Å². The van der Waals surface area contributed by atoms with Gasteiger partial charge in [-0.2, -0.15) is 5.10 Å². The van der Waals surface area contributed by atoms with E-state index in [4.69, 9.17) is 23.2 Å². The molecule has 0 fully saturated rings. The van der Waals surface area contributed by atoms with Crippen molar-refractivity contribution in [1.82, 2.24) is 5.01 Å². The summed E-state index contributed by atoms with van der Waals surface area (Å²) in [6.07, 6.45) is 1.91. The number of carbonyl (C=O) groups is 1. The topological polar surface area (TPSA) is 32.7 Å². The summed E-state index contributed by atoms with van der Waals surface area (Å²) in [7, 11) is 0. The molecule has 0 bridgehead atoms. The molecular weight excluding hydrogens is 283 g/mol. The minimum absolute atomic E-state index is 0.0348. The average Bonchev–Trinajstić information content (AvgIpc) is 2.40. The summed E-state index contributed by atoms with van der Waals surface area (Å²) >= 11 is 11.6. The summed E-state index contributed by atoms with van der Waals surface area (Å²) in [5, 5.41) is 6.74. The monoisotopic (exact) mass is 298 g/mol. The lowest BCUT2D eigenvalue weighted by Gasteiger charge is -2.28. The van der Waals surface area contributed by atoms with E-state index in [2.05, 4.69) is 5.10 Å². The number of hydrazone groups is 1. The molecule has 1 aliphatic heterocycles. The van der Waals surface area contributed by atoms with Gasteiger partial charge < -0.3 is 0 Å². The van der Waals surface area contributed by atoms with Crippen molar-refractivity contribution >= 4 is 34.8 Å². The number of halogens is 2. The first kappa shape index (κ1) is 14.4. The fourth-order valence-corrected chi connectivity index (χ4v) is 2.49. The van der Waals surface area contributed by atoms with E-state index in [1.165, 1.54) is 0 Å². The molecule has 1 amide bonds. The van der Waals surface area contributed by atoms with Crippen LogP contribution in [0.3, 0.4) is 0 Å². The molecule has 0 spiro atoms. The third-order valence-electron chi connectivity index (χ3n) is 3.18. The second kappa shape index (κ2) is 6.40. The van der Waals surface area contributed by atoms with Crippen molar-refractivity contribution < 1.29 is 4.79 Å². The number of hydrogen-bond donors (Lipinski definition) is 0. The minimum Gasteiger partial charge on any atom is -0.273 e. The third kappa shape index (κ3) is 3.48. The Balaban J connectivity index is 2.23. The summed E-state index contributed by atoms with van der Waals surface area (Å²) in [5.74, 6) is 0.590. The molecule has 1 atom stereocenters. The van der Waals surface area contributed by atoms with Gasteiger partial charge in [0.1, 0.15) is 0 Å². The lowest BCUT2D eigenvalue weighted by atomic mass is 10.0. The van der Waals surface area contributed by atoms with Crippen LogP contribution < -0.4 is 0 Å². The molecule has 0 aromatic heterocycles. The summed E-state index contributed by atoms with van der Waals surface area (Å²) in [6, 6.07) is 7.57. The standard InChI is InChI=1S/C14H16Cl2N2O/c1-10(8-9-15)18-14(19)7-6-13(17-18)11-2-4-12(16)5-3-11/h2-5,10H,6-9H2,1H3. The molecule has 1 aromatic carbocycles. The highest BCUT2D eigenvalue weighted by molar-refractivity contribution is 6.30. The summed E-state index contributed by atoms with van der Waals surface area (Å²) < 4.78 is 0. The Labute approximate surface area is 123 Å². The van der Waals surface area contributed by atoms with Crippen LogP contribution in [0.4, 0.5) is 0 Å².